The van der Waals surface area contributed by atoms with Crippen molar-refractivity contribution in [3.05, 3.63) is 77.9 Å². The summed E-state index contributed by atoms with van der Waals surface area (Å²) in [6, 6.07) is 17.5. The van der Waals surface area contributed by atoms with Crippen molar-refractivity contribution < 1.29 is 0 Å². The first-order chi connectivity index (χ1) is 15.2. The van der Waals surface area contributed by atoms with Gasteiger partial charge in [-0.25, -0.2) is 15.0 Å². The molecule has 0 bridgehead atoms. The summed E-state index contributed by atoms with van der Waals surface area (Å²) < 4.78 is 0. The Morgan fingerprint density at radius 1 is 1.10 bits per heavy atom. The average molecular weight is 415 g/mol. The Morgan fingerprint density at radius 2 is 1.97 bits per heavy atom. The molecule has 2 aliphatic rings. The molecule has 5 rings (SSSR count). The molecule has 31 heavy (non-hydrogen) atoms. The molecule has 6 nitrogen and oxygen atoms in total. The number of aromatic nitrogens is 3. The number of hydrogen-bond donors (Lipinski definition) is 1. The van der Waals surface area contributed by atoms with Crippen LogP contribution in [0.4, 0.5) is 11.6 Å². The fourth-order valence-corrected chi connectivity index (χ4v) is 4.94. The Balaban J connectivity index is 1.33. The lowest BCUT2D eigenvalue weighted by Gasteiger charge is -2.42. The van der Waals surface area contributed by atoms with Gasteiger partial charge in [-0.05, 0) is 30.5 Å². The van der Waals surface area contributed by atoms with Gasteiger partial charge in [0.15, 0.2) is 0 Å². The van der Waals surface area contributed by atoms with Crippen LogP contribution in [0.3, 0.4) is 0 Å². The molecule has 1 aromatic carbocycles. The van der Waals surface area contributed by atoms with Gasteiger partial charge in [0.05, 0.1) is 5.69 Å². The minimum Gasteiger partial charge on any atom is -0.369 e. The van der Waals surface area contributed by atoms with E-state index in [9.17, 15) is 0 Å². The second kappa shape index (κ2) is 8.63. The van der Waals surface area contributed by atoms with E-state index in [2.05, 4.69) is 86.5 Å². The summed E-state index contributed by atoms with van der Waals surface area (Å²) in [5.41, 5.74) is 3.65. The summed E-state index contributed by atoms with van der Waals surface area (Å²) in [4.78, 5) is 18.6. The number of piperidine rings is 1. The van der Waals surface area contributed by atoms with Gasteiger partial charge in [-0.3, -0.25) is 4.90 Å². The molecule has 4 heterocycles. The van der Waals surface area contributed by atoms with Crippen LogP contribution in [0.1, 0.15) is 36.1 Å². The van der Waals surface area contributed by atoms with Crippen molar-refractivity contribution in [3.8, 4) is 0 Å². The van der Waals surface area contributed by atoms with Crippen molar-refractivity contribution in [3.63, 3.8) is 0 Å². The van der Waals surface area contributed by atoms with E-state index >= 15 is 0 Å². The number of nitrogens with zero attached hydrogens (tertiary/aromatic N) is 5. The quantitative estimate of drug-likeness (QED) is 0.686. The highest BCUT2D eigenvalue weighted by atomic mass is 15.3. The molecule has 0 amide bonds. The zero-order chi connectivity index (χ0) is 21.2. The van der Waals surface area contributed by atoms with E-state index < -0.39 is 0 Å². The summed E-state index contributed by atoms with van der Waals surface area (Å²) in [5, 5.41) is 3.40. The van der Waals surface area contributed by atoms with E-state index in [0.717, 1.165) is 43.5 Å². The molecule has 0 radical (unpaired) electrons. The van der Waals surface area contributed by atoms with Crippen LogP contribution < -0.4 is 10.2 Å². The third kappa shape index (κ3) is 4.12. The summed E-state index contributed by atoms with van der Waals surface area (Å²) in [5.74, 6) is 2.81. The minimum atomic E-state index is 0.220. The first kappa shape index (κ1) is 19.9. The van der Waals surface area contributed by atoms with Gasteiger partial charge in [0.2, 0.25) is 0 Å². The molecule has 2 aromatic heterocycles. The highest BCUT2D eigenvalue weighted by Gasteiger charge is 2.31. The lowest BCUT2D eigenvalue weighted by molar-refractivity contribution is 0.159. The summed E-state index contributed by atoms with van der Waals surface area (Å²) in [6.07, 6.45) is 4.75. The van der Waals surface area contributed by atoms with Crippen LogP contribution in [0.5, 0.6) is 0 Å². The number of anilines is 2. The molecule has 1 N–H and O–H groups in total. The van der Waals surface area contributed by atoms with Crippen molar-refractivity contribution >= 4 is 11.6 Å². The molecule has 1 saturated heterocycles. The fraction of sp³-hybridized carbons (Fsp3) is 0.400. The molecule has 3 aromatic rings. The van der Waals surface area contributed by atoms with E-state index in [1.54, 1.807) is 6.33 Å². The molecule has 160 valence electrons. The van der Waals surface area contributed by atoms with Gasteiger partial charge in [0, 0.05) is 56.5 Å². The molecular formula is C25H30N6. The molecule has 2 aliphatic heterocycles. The van der Waals surface area contributed by atoms with Gasteiger partial charge in [-0.2, -0.15) is 0 Å². The fourth-order valence-electron chi connectivity index (χ4n) is 4.94. The topological polar surface area (TPSA) is 57.2 Å². The van der Waals surface area contributed by atoms with Crippen LogP contribution in [0, 0.1) is 5.92 Å². The largest absolute Gasteiger partial charge is 0.369 e. The summed E-state index contributed by atoms with van der Waals surface area (Å²) >= 11 is 0. The third-order valence-electron chi connectivity index (χ3n) is 6.83. The predicted octanol–water partition coefficient (Wildman–Crippen LogP) is 3.78. The monoisotopic (exact) mass is 414 g/mol. The number of likely N-dealkylation sites (N-methyl/N-ethyl adjacent to an activating group) is 1. The lowest BCUT2D eigenvalue weighted by Crippen LogP contribution is -2.50. The second-order valence-electron chi connectivity index (χ2n) is 8.84. The number of hydrogen-bond acceptors (Lipinski definition) is 6. The van der Waals surface area contributed by atoms with Gasteiger partial charge in [0.1, 0.15) is 18.0 Å². The van der Waals surface area contributed by atoms with Gasteiger partial charge in [-0.15, -0.1) is 0 Å². The van der Waals surface area contributed by atoms with Crippen molar-refractivity contribution in [2.45, 2.75) is 31.8 Å². The number of pyridine rings is 1. The Bertz CT molecular complexity index is 1020. The first-order valence-corrected chi connectivity index (χ1v) is 11.2. The molecular weight excluding hydrogens is 384 g/mol. The van der Waals surface area contributed by atoms with Crippen LogP contribution in [-0.4, -0.2) is 52.6 Å². The van der Waals surface area contributed by atoms with E-state index in [-0.39, 0.29) is 5.92 Å². The van der Waals surface area contributed by atoms with E-state index in [1.165, 1.54) is 17.5 Å². The van der Waals surface area contributed by atoms with Crippen LogP contribution in [0.15, 0.2) is 61.1 Å². The van der Waals surface area contributed by atoms with Crippen LogP contribution in [-0.2, 0) is 6.54 Å². The molecule has 1 fully saturated rings. The molecule has 3 unspecified atom stereocenters. The highest BCUT2D eigenvalue weighted by molar-refractivity contribution is 5.55. The minimum absolute atomic E-state index is 0.220. The normalized spacial score (nSPS) is 23.2. The van der Waals surface area contributed by atoms with E-state index in [1.807, 2.05) is 12.3 Å². The van der Waals surface area contributed by atoms with Gasteiger partial charge in [0.25, 0.3) is 0 Å². The van der Waals surface area contributed by atoms with Gasteiger partial charge >= 0.3 is 0 Å². The SMILES string of the molecule is CC1CCN(Cc2ccccc2)CC1N(C)c1cc(C2CNc3ncccc32)ncn1. The first-order valence-electron chi connectivity index (χ1n) is 11.2. The van der Waals surface area contributed by atoms with Crippen molar-refractivity contribution in [2.75, 3.05) is 36.9 Å². The number of rotatable bonds is 5. The zero-order valence-electron chi connectivity index (χ0n) is 18.3. The van der Waals surface area contributed by atoms with Crippen molar-refractivity contribution in [1.82, 2.24) is 19.9 Å². The summed E-state index contributed by atoms with van der Waals surface area (Å²) in [6.45, 7) is 6.39. The Morgan fingerprint density at radius 3 is 2.84 bits per heavy atom. The Kier molecular flexibility index (Phi) is 5.55. The Labute approximate surface area is 184 Å². The number of nitrogens with one attached hydrogen (secondary N) is 1. The smallest absolute Gasteiger partial charge is 0.132 e. The predicted molar refractivity (Wildman–Crippen MR) is 124 cm³/mol. The standard InChI is InChI=1S/C25H30N6/c1-18-10-12-31(15-19-7-4-3-5-8-19)16-23(18)30(2)24-13-22(28-17-29-24)21-14-27-25-20(21)9-6-11-26-25/h3-9,11,13,17-18,21,23H,10,12,14-16H2,1-2H3,(H,26,27). The number of benzene rings is 1. The van der Waals surface area contributed by atoms with Crippen molar-refractivity contribution in [2.24, 2.45) is 5.92 Å². The van der Waals surface area contributed by atoms with E-state index in [4.69, 9.17) is 0 Å². The molecule has 0 spiro atoms. The highest BCUT2D eigenvalue weighted by Crippen LogP contribution is 2.34. The maximum absolute atomic E-state index is 4.65. The van der Waals surface area contributed by atoms with Gasteiger partial charge in [-0.1, -0.05) is 43.3 Å². The van der Waals surface area contributed by atoms with E-state index in [0.29, 0.717) is 12.0 Å². The maximum atomic E-state index is 4.65. The molecule has 3 atom stereocenters. The maximum Gasteiger partial charge on any atom is 0.132 e. The average Bonchev–Trinajstić information content (AvgIpc) is 3.25. The van der Waals surface area contributed by atoms with Crippen LogP contribution in [0.25, 0.3) is 0 Å². The van der Waals surface area contributed by atoms with Crippen LogP contribution >= 0.6 is 0 Å². The third-order valence-corrected chi connectivity index (χ3v) is 6.83. The van der Waals surface area contributed by atoms with Crippen LogP contribution in [0.2, 0.25) is 0 Å². The molecule has 0 saturated carbocycles. The van der Waals surface area contributed by atoms with Gasteiger partial charge < -0.3 is 10.2 Å². The Hall–Kier alpha value is -2.99. The second-order valence-corrected chi connectivity index (χ2v) is 8.84. The number of likely N-dealkylation sites (tertiary alicyclic amines) is 1. The number of fused-ring (bicyclic) bond motifs is 1. The zero-order valence-corrected chi connectivity index (χ0v) is 18.3. The summed E-state index contributed by atoms with van der Waals surface area (Å²) in [7, 11) is 2.18. The van der Waals surface area contributed by atoms with Crippen molar-refractivity contribution in [1.29, 1.82) is 0 Å². The molecule has 0 aliphatic carbocycles. The lowest BCUT2D eigenvalue weighted by atomic mass is 9.92. The molecule has 6 heteroatoms.